The van der Waals surface area contributed by atoms with Crippen LogP contribution in [0.15, 0.2) is 91.0 Å². The van der Waals surface area contributed by atoms with Crippen molar-refractivity contribution in [2.45, 2.75) is 31.1 Å². The molecule has 0 unspecified atom stereocenters. The van der Waals surface area contributed by atoms with E-state index < -0.39 is 17.9 Å². The zero-order valence-electron chi connectivity index (χ0n) is 18.1. The maximum absolute atomic E-state index is 13.9. The molecule has 1 fully saturated rings. The molecule has 3 aromatic rings. The first-order valence-corrected chi connectivity index (χ1v) is 10.8. The average molecular weight is 430 g/mol. The molecule has 5 heteroatoms. The van der Waals surface area contributed by atoms with Gasteiger partial charge in [-0.25, -0.2) is 4.79 Å². The van der Waals surface area contributed by atoms with Gasteiger partial charge in [-0.2, -0.15) is 0 Å². The standard InChI is InChI=1S/C27H27NO4/c1-31-27(30)24-17-23(32-19-20-11-5-2-6-12-20)18-28(24)26(29)25(21-13-7-3-8-14-21)22-15-9-4-10-16-22/h2-16,23-25H,17-19H2,1H3/t23-,24-/m0/s1. The molecule has 0 aliphatic carbocycles. The summed E-state index contributed by atoms with van der Waals surface area (Å²) in [5, 5.41) is 0. The quantitative estimate of drug-likeness (QED) is 0.529. The van der Waals surface area contributed by atoms with E-state index in [1.807, 2.05) is 91.0 Å². The molecule has 0 radical (unpaired) electrons. The van der Waals surface area contributed by atoms with E-state index in [1.54, 1.807) is 4.90 Å². The molecule has 0 N–H and O–H groups in total. The average Bonchev–Trinajstić information content (AvgIpc) is 3.29. The summed E-state index contributed by atoms with van der Waals surface area (Å²) in [6, 6.07) is 28.5. The van der Waals surface area contributed by atoms with Crippen LogP contribution in [-0.2, 0) is 25.7 Å². The smallest absolute Gasteiger partial charge is 0.328 e. The molecule has 4 rings (SSSR count). The van der Waals surface area contributed by atoms with Crippen LogP contribution in [0.1, 0.15) is 29.0 Å². The molecule has 5 nitrogen and oxygen atoms in total. The SMILES string of the molecule is COC(=O)[C@@H]1C[C@H](OCc2ccccc2)CN1C(=O)C(c1ccccc1)c1ccccc1. The van der Waals surface area contributed by atoms with Gasteiger partial charge in [0.15, 0.2) is 0 Å². The molecular formula is C27H27NO4. The minimum absolute atomic E-state index is 0.122. The van der Waals surface area contributed by atoms with E-state index in [0.29, 0.717) is 19.6 Å². The van der Waals surface area contributed by atoms with Gasteiger partial charge in [-0.1, -0.05) is 91.0 Å². The van der Waals surface area contributed by atoms with Gasteiger partial charge in [-0.15, -0.1) is 0 Å². The zero-order chi connectivity index (χ0) is 22.3. The summed E-state index contributed by atoms with van der Waals surface area (Å²) in [6.07, 6.45) is 0.178. The number of likely N-dealkylation sites (tertiary alicyclic amines) is 1. The molecule has 0 aromatic heterocycles. The van der Waals surface area contributed by atoms with Crippen LogP contribution >= 0.6 is 0 Å². The summed E-state index contributed by atoms with van der Waals surface area (Å²) >= 11 is 0. The Bertz CT molecular complexity index is 984. The number of carbonyl (C=O) groups is 2. The van der Waals surface area contributed by atoms with Crippen molar-refractivity contribution in [2.75, 3.05) is 13.7 Å². The van der Waals surface area contributed by atoms with Crippen molar-refractivity contribution >= 4 is 11.9 Å². The lowest BCUT2D eigenvalue weighted by Crippen LogP contribution is -2.43. The second-order valence-corrected chi connectivity index (χ2v) is 7.94. The predicted molar refractivity (Wildman–Crippen MR) is 122 cm³/mol. The summed E-state index contributed by atoms with van der Waals surface area (Å²) in [5.74, 6) is -1.04. The minimum Gasteiger partial charge on any atom is -0.467 e. The Morgan fingerprint density at radius 2 is 1.41 bits per heavy atom. The lowest BCUT2D eigenvalue weighted by Gasteiger charge is -2.28. The molecular weight excluding hydrogens is 402 g/mol. The number of nitrogens with zero attached hydrogens (tertiary/aromatic N) is 1. The Labute approximate surface area is 188 Å². The molecule has 164 valence electrons. The number of benzene rings is 3. The fourth-order valence-electron chi connectivity index (χ4n) is 4.24. The summed E-state index contributed by atoms with van der Waals surface area (Å²) in [4.78, 5) is 28.1. The normalized spacial score (nSPS) is 18.0. The molecule has 0 bridgehead atoms. The first-order chi connectivity index (χ1) is 15.7. The van der Waals surface area contributed by atoms with Gasteiger partial charge in [0, 0.05) is 13.0 Å². The molecule has 1 aliphatic heterocycles. The van der Waals surface area contributed by atoms with Crippen molar-refractivity contribution in [1.82, 2.24) is 4.90 Å². The third-order valence-electron chi connectivity index (χ3n) is 5.86. The summed E-state index contributed by atoms with van der Waals surface area (Å²) in [6.45, 7) is 0.782. The van der Waals surface area contributed by atoms with Gasteiger partial charge < -0.3 is 14.4 Å². The predicted octanol–water partition coefficient (Wildman–Crippen LogP) is 4.18. The minimum atomic E-state index is -0.664. The van der Waals surface area contributed by atoms with Crippen LogP contribution in [0.4, 0.5) is 0 Å². The van der Waals surface area contributed by atoms with Crippen molar-refractivity contribution in [3.63, 3.8) is 0 Å². The number of rotatable bonds is 7. The van der Waals surface area contributed by atoms with E-state index in [0.717, 1.165) is 16.7 Å². The molecule has 2 atom stereocenters. The Balaban J connectivity index is 1.58. The third-order valence-corrected chi connectivity index (χ3v) is 5.86. The van der Waals surface area contributed by atoms with Crippen molar-refractivity contribution in [2.24, 2.45) is 0 Å². The van der Waals surface area contributed by atoms with Gasteiger partial charge in [0.05, 0.1) is 25.7 Å². The highest BCUT2D eigenvalue weighted by atomic mass is 16.5. The molecule has 1 aliphatic rings. The van der Waals surface area contributed by atoms with E-state index >= 15 is 0 Å². The Morgan fingerprint density at radius 3 is 1.94 bits per heavy atom. The molecule has 1 amide bonds. The lowest BCUT2D eigenvalue weighted by molar-refractivity contribution is -0.151. The fraction of sp³-hybridized carbons (Fsp3) is 0.259. The fourth-order valence-corrected chi connectivity index (χ4v) is 4.24. The van der Waals surface area contributed by atoms with E-state index in [2.05, 4.69) is 0 Å². The first-order valence-electron chi connectivity index (χ1n) is 10.8. The molecule has 1 heterocycles. The van der Waals surface area contributed by atoms with Crippen LogP contribution in [0.5, 0.6) is 0 Å². The van der Waals surface area contributed by atoms with Crippen molar-refractivity contribution in [3.05, 3.63) is 108 Å². The molecule has 0 saturated carbocycles. The van der Waals surface area contributed by atoms with Crippen LogP contribution in [-0.4, -0.2) is 42.6 Å². The number of methoxy groups -OCH3 is 1. The third kappa shape index (κ3) is 4.89. The molecule has 0 spiro atoms. The number of carbonyl (C=O) groups excluding carboxylic acids is 2. The van der Waals surface area contributed by atoms with Crippen molar-refractivity contribution in [1.29, 1.82) is 0 Å². The summed E-state index contributed by atoms with van der Waals surface area (Å²) in [7, 11) is 1.36. The largest absolute Gasteiger partial charge is 0.467 e. The monoisotopic (exact) mass is 429 g/mol. The highest BCUT2D eigenvalue weighted by Crippen LogP contribution is 2.31. The van der Waals surface area contributed by atoms with Crippen LogP contribution in [0.25, 0.3) is 0 Å². The maximum Gasteiger partial charge on any atom is 0.328 e. The van der Waals surface area contributed by atoms with Gasteiger partial charge in [-0.3, -0.25) is 4.79 Å². The highest BCUT2D eigenvalue weighted by molar-refractivity contribution is 5.91. The van der Waals surface area contributed by atoms with Crippen LogP contribution in [0, 0.1) is 0 Å². The number of amides is 1. The number of hydrogen-bond donors (Lipinski definition) is 0. The Kier molecular flexibility index (Phi) is 6.97. The first kappa shape index (κ1) is 21.8. The van der Waals surface area contributed by atoms with Gasteiger partial charge in [-0.05, 0) is 16.7 Å². The van der Waals surface area contributed by atoms with E-state index in [4.69, 9.17) is 9.47 Å². The van der Waals surface area contributed by atoms with Gasteiger partial charge in [0.1, 0.15) is 6.04 Å². The van der Waals surface area contributed by atoms with Gasteiger partial charge >= 0.3 is 5.97 Å². The van der Waals surface area contributed by atoms with E-state index in [9.17, 15) is 9.59 Å². The van der Waals surface area contributed by atoms with E-state index in [1.165, 1.54) is 7.11 Å². The van der Waals surface area contributed by atoms with Crippen molar-refractivity contribution < 1.29 is 19.1 Å². The Hall–Kier alpha value is -3.44. The van der Waals surface area contributed by atoms with Crippen molar-refractivity contribution in [3.8, 4) is 0 Å². The molecule has 32 heavy (non-hydrogen) atoms. The maximum atomic E-state index is 13.9. The lowest BCUT2D eigenvalue weighted by atomic mass is 9.90. The van der Waals surface area contributed by atoms with Crippen LogP contribution in [0.2, 0.25) is 0 Å². The van der Waals surface area contributed by atoms with Crippen LogP contribution in [0.3, 0.4) is 0 Å². The number of esters is 1. The topological polar surface area (TPSA) is 55.8 Å². The second kappa shape index (κ2) is 10.2. The highest BCUT2D eigenvalue weighted by Gasteiger charge is 2.43. The Morgan fingerprint density at radius 1 is 0.875 bits per heavy atom. The summed E-state index contributed by atoms with van der Waals surface area (Å²) < 4.78 is 11.1. The van der Waals surface area contributed by atoms with Crippen LogP contribution < -0.4 is 0 Å². The summed E-state index contributed by atoms with van der Waals surface area (Å²) in [5.41, 5.74) is 2.83. The second-order valence-electron chi connectivity index (χ2n) is 7.94. The number of ether oxygens (including phenoxy) is 2. The zero-order valence-corrected chi connectivity index (χ0v) is 18.1. The number of hydrogen-bond acceptors (Lipinski definition) is 4. The van der Waals surface area contributed by atoms with Gasteiger partial charge in [0.25, 0.3) is 0 Å². The molecule has 1 saturated heterocycles. The van der Waals surface area contributed by atoms with E-state index in [-0.39, 0.29) is 12.0 Å². The van der Waals surface area contributed by atoms with Gasteiger partial charge in [0.2, 0.25) is 5.91 Å². The molecule has 3 aromatic carbocycles.